The molecular formula is C82H160O17P2. The van der Waals surface area contributed by atoms with Gasteiger partial charge in [0, 0.05) is 25.7 Å². The highest BCUT2D eigenvalue weighted by molar-refractivity contribution is 7.47. The normalized spacial score (nSPS) is 14.0. The Bertz CT molecular complexity index is 1970. The van der Waals surface area contributed by atoms with E-state index in [0.717, 1.165) is 114 Å². The standard InChI is InChI=1S/C82H160O17P2/c1-72(2)58-50-42-34-27-21-16-12-9-10-14-18-24-31-39-48-56-65-82(87)99-78(69-93-80(85)63-55-47-41-33-37-45-53-61-75(7)8)71-97-101(90,91)95-67-76(83)66-94-100(88,89)96-70-77(68-92-79(84)62-54-46-38-30-26-20-23-29-36-44-52-60-74(5)6)98-81(86)64-57-49-40-32-25-19-15-11-13-17-22-28-35-43-51-59-73(3)4/h72-78,83H,9-71H2,1-8H3,(H,88,89)(H,90,91)/t76?,77-,78-/m1/s1. The van der Waals surface area contributed by atoms with E-state index in [1.807, 2.05) is 0 Å². The Morgan fingerprint density at radius 1 is 0.248 bits per heavy atom. The summed E-state index contributed by atoms with van der Waals surface area (Å²) in [6.07, 6.45) is 58.4. The van der Waals surface area contributed by atoms with Crippen LogP contribution in [0.4, 0.5) is 0 Å². The number of aliphatic hydroxyl groups excluding tert-OH is 1. The molecule has 600 valence electrons. The lowest BCUT2D eigenvalue weighted by Crippen LogP contribution is -2.30. The van der Waals surface area contributed by atoms with Gasteiger partial charge in [0.15, 0.2) is 12.2 Å². The summed E-state index contributed by atoms with van der Waals surface area (Å²) in [6.45, 7) is 14.3. The summed E-state index contributed by atoms with van der Waals surface area (Å²) < 4.78 is 68.7. The fourth-order valence-electron chi connectivity index (χ4n) is 12.6. The molecule has 19 heteroatoms. The molecule has 3 unspecified atom stereocenters. The van der Waals surface area contributed by atoms with E-state index in [1.54, 1.807) is 0 Å². The first-order chi connectivity index (χ1) is 48.6. The van der Waals surface area contributed by atoms with Crippen LogP contribution in [-0.4, -0.2) is 96.7 Å². The van der Waals surface area contributed by atoms with Crippen molar-refractivity contribution in [1.29, 1.82) is 0 Å². The molecule has 0 rings (SSSR count). The predicted molar refractivity (Wildman–Crippen MR) is 414 cm³/mol. The highest BCUT2D eigenvalue weighted by atomic mass is 31.2. The van der Waals surface area contributed by atoms with Crippen molar-refractivity contribution in [3.63, 3.8) is 0 Å². The summed E-state index contributed by atoms with van der Waals surface area (Å²) in [6, 6.07) is 0. The molecule has 0 aromatic carbocycles. The smallest absolute Gasteiger partial charge is 0.462 e. The zero-order valence-corrected chi connectivity index (χ0v) is 68.3. The zero-order valence-electron chi connectivity index (χ0n) is 66.5. The molecule has 0 fully saturated rings. The average molecular weight is 1480 g/mol. The highest BCUT2D eigenvalue weighted by Gasteiger charge is 2.30. The Kier molecular flexibility index (Phi) is 69.6. The third kappa shape index (κ3) is 76.1. The van der Waals surface area contributed by atoms with Crippen LogP contribution in [0, 0.1) is 23.7 Å². The van der Waals surface area contributed by atoms with Gasteiger partial charge in [0.1, 0.15) is 19.3 Å². The fraction of sp³-hybridized carbons (Fsp3) is 0.951. The van der Waals surface area contributed by atoms with Crippen LogP contribution < -0.4 is 0 Å². The lowest BCUT2D eigenvalue weighted by Gasteiger charge is -2.21. The third-order valence-corrected chi connectivity index (χ3v) is 21.0. The van der Waals surface area contributed by atoms with Gasteiger partial charge in [-0.1, -0.05) is 370 Å². The van der Waals surface area contributed by atoms with Crippen molar-refractivity contribution >= 4 is 39.5 Å². The Hall–Kier alpha value is -1.94. The number of esters is 4. The van der Waals surface area contributed by atoms with E-state index in [9.17, 15) is 43.2 Å². The Morgan fingerprint density at radius 2 is 0.416 bits per heavy atom. The molecule has 0 aliphatic heterocycles. The highest BCUT2D eigenvalue weighted by Crippen LogP contribution is 2.45. The molecule has 17 nitrogen and oxygen atoms in total. The second-order valence-corrected chi connectivity index (χ2v) is 34.3. The minimum atomic E-state index is -4.96. The van der Waals surface area contributed by atoms with E-state index in [4.69, 9.17) is 37.0 Å². The Morgan fingerprint density at radius 3 is 0.614 bits per heavy atom. The minimum Gasteiger partial charge on any atom is -0.462 e. The number of aliphatic hydroxyl groups is 1. The summed E-state index contributed by atoms with van der Waals surface area (Å²) in [5, 5.41) is 10.6. The van der Waals surface area contributed by atoms with Crippen LogP contribution in [0.2, 0.25) is 0 Å². The van der Waals surface area contributed by atoms with E-state index in [2.05, 4.69) is 55.4 Å². The SMILES string of the molecule is CC(C)CCCCCCCCCCCCCCCCCCC(=O)O[C@H](COC(=O)CCCCCCCCCC(C)C)COP(=O)(O)OCC(O)COP(=O)(O)OC[C@@H](COC(=O)CCCCCCCCCCCCCC(C)C)OC(=O)CCCCCCCCCCCCCCCCCC(C)C. The van der Waals surface area contributed by atoms with Gasteiger partial charge in [-0.25, -0.2) is 9.13 Å². The van der Waals surface area contributed by atoms with Gasteiger partial charge in [-0.3, -0.25) is 37.3 Å². The number of rotatable bonds is 79. The molecular weight excluding hydrogens is 1320 g/mol. The first-order valence-corrected chi connectivity index (χ1v) is 45.2. The van der Waals surface area contributed by atoms with Crippen molar-refractivity contribution in [3.05, 3.63) is 0 Å². The van der Waals surface area contributed by atoms with E-state index in [1.165, 1.54) is 218 Å². The van der Waals surface area contributed by atoms with E-state index < -0.39 is 97.5 Å². The van der Waals surface area contributed by atoms with Crippen molar-refractivity contribution in [2.24, 2.45) is 23.7 Å². The Labute approximate surface area is 619 Å². The van der Waals surface area contributed by atoms with Gasteiger partial charge in [-0.2, -0.15) is 0 Å². The molecule has 0 saturated carbocycles. The van der Waals surface area contributed by atoms with Crippen molar-refractivity contribution < 1.29 is 80.2 Å². The summed E-state index contributed by atoms with van der Waals surface area (Å²) >= 11 is 0. The van der Waals surface area contributed by atoms with Gasteiger partial charge in [0.05, 0.1) is 26.4 Å². The minimum absolute atomic E-state index is 0.107. The van der Waals surface area contributed by atoms with Gasteiger partial charge in [0.2, 0.25) is 0 Å². The molecule has 0 radical (unpaired) electrons. The van der Waals surface area contributed by atoms with Crippen LogP contribution in [0.3, 0.4) is 0 Å². The van der Waals surface area contributed by atoms with Crippen LogP contribution in [-0.2, 0) is 65.4 Å². The number of phosphoric ester groups is 2. The summed E-state index contributed by atoms with van der Waals surface area (Å²) in [4.78, 5) is 73.1. The van der Waals surface area contributed by atoms with Crippen LogP contribution in [0.5, 0.6) is 0 Å². The third-order valence-electron chi connectivity index (χ3n) is 19.1. The molecule has 0 aliphatic rings. The maximum absolute atomic E-state index is 13.1. The van der Waals surface area contributed by atoms with E-state index in [0.29, 0.717) is 31.6 Å². The van der Waals surface area contributed by atoms with Crippen LogP contribution >= 0.6 is 15.6 Å². The number of carbonyl (C=O) groups excluding carboxylic acids is 4. The average Bonchev–Trinajstić information content (AvgIpc) is 0.916. The first-order valence-electron chi connectivity index (χ1n) is 42.2. The number of phosphoric acid groups is 2. The first kappa shape index (κ1) is 99.1. The number of unbranched alkanes of at least 4 members (excludes halogenated alkanes) is 45. The molecule has 0 aliphatic carbocycles. The topological polar surface area (TPSA) is 237 Å². The number of ether oxygens (including phenoxy) is 4. The maximum atomic E-state index is 13.1. The van der Waals surface area contributed by atoms with Crippen molar-refractivity contribution in [2.45, 2.75) is 440 Å². The van der Waals surface area contributed by atoms with Crippen LogP contribution in [0.15, 0.2) is 0 Å². The van der Waals surface area contributed by atoms with Gasteiger partial charge in [-0.05, 0) is 49.4 Å². The molecule has 0 bridgehead atoms. The van der Waals surface area contributed by atoms with Crippen molar-refractivity contribution in [2.75, 3.05) is 39.6 Å². The Balaban J connectivity index is 5.23. The molecule has 0 heterocycles. The van der Waals surface area contributed by atoms with Gasteiger partial charge in [-0.15, -0.1) is 0 Å². The second kappa shape index (κ2) is 71.0. The molecule has 101 heavy (non-hydrogen) atoms. The molecule has 0 aromatic heterocycles. The largest absolute Gasteiger partial charge is 0.472 e. The number of hydrogen-bond donors (Lipinski definition) is 3. The quantitative estimate of drug-likeness (QED) is 0.0222. The van der Waals surface area contributed by atoms with Crippen molar-refractivity contribution in [1.82, 2.24) is 0 Å². The molecule has 5 atom stereocenters. The number of hydrogen-bond acceptors (Lipinski definition) is 15. The molecule has 0 saturated heterocycles. The molecule has 3 N–H and O–H groups in total. The lowest BCUT2D eigenvalue weighted by atomic mass is 10.0. The van der Waals surface area contributed by atoms with Crippen LogP contribution in [0.1, 0.15) is 421 Å². The van der Waals surface area contributed by atoms with Gasteiger partial charge in [0.25, 0.3) is 0 Å². The van der Waals surface area contributed by atoms with Gasteiger partial charge < -0.3 is 33.8 Å². The van der Waals surface area contributed by atoms with E-state index >= 15 is 0 Å². The molecule has 0 aromatic rings. The number of carbonyl (C=O) groups is 4. The second-order valence-electron chi connectivity index (χ2n) is 31.4. The lowest BCUT2D eigenvalue weighted by molar-refractivity contribution is -0.161. The molecule has 0 amide bonds. The summed E-state index contributed by atoms with van der Waals surface area (Å²) in [7, 11) is -9.92. The summed E-state index contributed by atoms with van der Waals surface area (Å²) in [5.74, 6) is 0.975. The summed E-state index contributed by atoms with van der Waals surface area (Å²) in [5.41, 5.74) is 0. The monoisotopic (exact) mass is 1480 g/mol. The van der Waals surface area contributed by atoms with E-state index in [-0.39, 0.29) is 25.7 Å². The maximum Gasteiger partial charge on any atom is 0.472 e. The zero-order chi connectivity index (χ0) is 74.6. The van der Waals surface area contributed by atoms with Crippen LogP contribution in [0.25, 0.3) is 0 Å². The van der Waals surface area contributed by atoms with Gasteiger partial charge >= 0.3 is 39.5 Å². The molecule has 0 spiro atoms. The predicted octanol–water partition coefficient (Wildman–Crippen LogP) is 24.4. The fourth-order valence-corrected chi connectivity index (χ4v) is 14.2. The van der Waals surface area contributed by atoms with Crippen molar-refractivity contribution in [3.8, 4) is 0 Å².